The zero-order valence-corrected chi connectivity index (χ0v) is 29.9. The van der Waals surface area contributed by atoms with Crippen LogP contribution in [-0.2, 0) is 0 Å². The van der Waals surface area contributed by atoms with Crippen LogP contribution < -0.4 is 0 Å². The molecule has 0 spiro atoms. The second kappa shape index (κ2) is 13.0. The van der Waals surface area contributed by atoms with Crippen molar-refractivity contribution in [3.63, 3.8) is 0 Å². The molecule has 6 nitrogen and oxygen atoms in total. The minimum absolute atomic E-state index is 0.583. The van der Waals surface area contributed by atoms with Gasteiger partial charge in [-0.15, -0.1) is 0 Å². The van der Waals surface area contributed by atoms with Gasteiger partial charge in [-0.1, -0.05) is 146 Å². The van der Waals surface area contributed by atoms with Crippen molar-refractivity contribution >= 4 is 43.8 Å². The average molecular weight is 719 g/mol. The van der Waals surface area contributed by atoms with E-state index in [-0.39, 0.29) is 0 Å². The van der Waals surface area contributed by atoms with Crippen LogP contribution in [0.5, 0.6) is 0 Å². The first kappa shape index (κ1) is 31.8. The van der Waals surface area contributed by atoms with Crippen LogP contribution in [0.25, 0.3) is 112 Å². The van der Waals surface area contributed by atoms with Gasteiger partial charge in [0.2, 0.25) is 5.89 Å². The number of rotatable bonds is 6. The third-order valence-electron chi connectivity index (χ3n) is 10.4. The lowest BCUT2D eigenvalue weighted by atomic mass is 9.93. The zero-order chi connectivity index (χ0) is 37.0. The van der Waals surface area contributed by atoms with Gasteiger partial charge in [0.05, 0.1) is 5.39 Å². The molecule has 0 bridgehead atoms. The standard InChI is InChI=1S/C50H30N4O2/c1-3-11-34(12-4-1)47-52-48(35-13-5-2-6-14-35)54-49(53-47)40-28-27-37(38-15-7-8-16-39(38)40)33-23-19-31(20-24-33)32-21-25-36(26-22-32)50-51-42-29-30-44-45(46(42)56-50)41-17-9-10-18-43(41)55-44/h1-30H. The van der Waals surface area contributed by atoms with E-state index in [2.05, 4.69) is 91.0 Å². The molecule has 0 amide bonds. The summed E-state index contributed by atoms with van der Waals surface area (Å²) in [5, 5.41) is 4.19. The first-order valence-corrected chi connectivity index (χ1v) is 18.5. The Morgan fingerprint density at radius 1 is 0.304 bits per heavy atom. The number of oxazole rings is 1. The van der Waals surface area contributed by atoms with Crippen LogP contribution in [0.3, 0.4) is 0 Å². The van der Waals surface area contributed by atoms with Crippen molar-refractivity contribution < 1.29 is 8.83 Å². The fourth-order valence-corrected chi connectivity index (χ4v) is 7.64. The highest BCUT2D eigenvalue weighted by Crippen LogP contribution is 2.39. The van der Waals surface area contributed by atoms with E-state index in [1.54, 1.807) is 0 Å². The fraction of sp³-hybridized carbons (Fsp3) is 0. The zero-order valence-electron chi connectivity index (χ0n) is 29.9. The van der Waals surface area contributed by atoms with Crippen molar-refractivity contribution in [1.82, 2.24) is 19.9 Å². The largest absolute Gasteiger partial charge is 0.456 e. The molecular formula is C50H30N4O2. The first-order valence-electron chi connectivity index (χ1n) is 18.5. The molecule has 0 saturated heterocycles. The Labute approximate surface area is 321 Å². The summed E-state index contributed by atoms with van der Waals surface area (Å²) in [6.45, 7) is 0. The van der Waals surface area contributed by atoms with E-state index in [1.165, 1.54) is 0 Å². The second-order valence-electron chi connectivity index (χ2n) is 13.8. The van der Waals surface area contributed by atoms with Crippen LogP contribution in [0.15, 0.2) is 191 Å². The van der Waals surface area contributed by atoms with Crippen LogP contribution in [0.4, 0.5) is 0 Å². The smallest absolute Gasteiger partial charge is 0.227 e. The van der Waals surface area contributed by atoms with Gasteiger partial charge in [0, 0.05) is 27.6 Å². The number of nitrogens with zero attached hydrogens (tertiary/aromatic N) is 4. The summed E-state index contributed by atoms with van der Waals surface area (Å²) in [5.74, 6) is 2.51. The quantitative estimate of drug-likeness (QED) is 0.170. The minimum atomic E-state index is 0.583. The predicted molar refractivity (Wildman–Crippen MR) is 225 cm³/mol. The molecular weight excluding hydrogens is 689 g/mol. The molecule has 0 saturated carbocycles. The molecule has 0 radical (unpaired) electrons. The number of para-hydroxylation sites is 1. The van der Waals surface area contributed by atoms with E-state index in [4.69, 9.17) is 28.8 Å². The van der Waals surface area contributed by atoms with Crippen molar-refractivity contribution in [1.29, 1.82) is 0 Å². The van der Waals surface area contributed by atoms with Gasteiger partial charge in [-0.05, 0) is 69.4 Å². The lowest BCUT2D eigenvalue weighted by Gasteiger charge is -2.13. The maximum Gasteiger partial charge on any atom is 0.227 e. The van der Waals surface area contributed by atoms with Gasteiger partial charge in [-0.25, -0.2) is 19.9 Å². The summed E-state index contributed by atoms with van der Waals surface area (Å²) < 4.78 is 12.4. The highest BCUT2D eigenvalue weighted by Gasteiger charge is 2.18. The number of aromatic nitrogens is 4. The molecule has 0 aliphatic rings. The van der Waals surface area contributed by atoms with E-state index in [9.17, 15) is 0 Å². The van der Waals surface area contributed by atoms with Crippen LogP contribution in [0.2, 0.25) is 0 Å². The lowest BCUT2D eigenvalue weighted by molar-refractivity contribution is 0.622. The predicted octanol–water partition coefficient (Wildman–Crippen LogP) is 13.1. The Morgan fingerprint density at radius 2 is 0.821 bits per heavy atom. The second-order valence-corrected chi connectivity index (χ2v) is 13.8. The molecule has 11 aromatic rings. The Morgan fingerprint density at radius 3 is 1.48 bits per heavy atom. The van der Waals surface area contributed by atoms with Gasteiger partial charge in [0.25, 0.3) is 0 Å². The van der Waals surface area contributed by atoms with Crippen molar-refractivity contribution in [2.45, 2.75) is 0 Å². The number of benzene rings is 8. The van der Waals surface area contributed by atoms with Gasteiger partial charge >= 0.3 is 0 Å². The van der Waals surface area contributed by atoms with Crippen LogP contribution in [-0.4, -0.2) is 19.9 Å². The maximum atomic E-state index is 6.39. The molecule has 262 valence electrons. The van der Waals surface area contributed by atoms with Crippen molar-refractivity contribution in [2.24, 2.45) is 0 Å². The first-order chi connectivity index (χ1) is 27.7. The minimum Gasteiger partial charge on any atom is -0.456 e. The molecule has 0 atom stereocenters. The molecule has 6 heteroatoms. The van der Waals surface area contributed by atoms with Gasteiger partial charge in [0.1, 0.15) is 16.7 Å². The number of furan rings is 1. The summed E-state index contributed by atoms with van der Waals surface area (Å²) in [6.07, 6.45) is 0. The highest BCUT2D eigenvalue weighted by molar-refractivity contribution is 6.16. The van der Waals surface area contributed by atoms with Crippen molar-refractivity contribution in [3.8, 4) is 67.9 Å². The van der Waals surface area contributed by atoms with Gasteiger partial charge in [0.15, 0.2) is 23.1 Å². The molecule has 3 heterocycles. The molecule has 0 aliphatic carbocycles. The molecule has 0 fully saturated rings. The van der Waals surface area contributed by atoms with E-state index in [1.807, 2.05) is 91.0 Å². The van der Waals surface area contributed by atoms with Gasteiger partial charge < -0.3 is 8.83 Å². The fourth-order valence-electron chi connectivity index (χ4n) is 7.64. The van der Waals surface area contributed by atoms with E-state index >= 15 is 0 Å². The monoisotopic (exact) mass is 718 g/mol. The third kappa shape index (κ3) is 5.43. The molecule has 0 N–H and O–H groups in total. The Hall–Kier alpha value is -7.70. The SMILES string of the molecule is c1ccc(-c2nc(-c3ccccc3)nc(-c3ccc(-c4ccc(-c5ccc(-c6nc7ccc8oc9ccccc9c8c7o6)cc5)cc4)c4ccccc34)n2)cc1. The third-order valence-corrected chi connectivity index (χ3v) is 10.4. The Bertz CT molecular complexity index is 3170. The molecule has 3 aromatic heterocycles. The van der Waals surface area contributed by atoms with Gasteiger partial charge in [-0.2, -0.15) is 0 Å². The van der Waals surface area contributed by atoms with Crippen LogP contribution >= 0.6 is 0 Å². The average Bonchev–Trinajstić information content (AvgIpc) is 3.89. The summed E-state index contributed by atoms with van der Waals surface area (Å²) in [6, 6.07) is 62.0. The highest BCUT2D eigenvalue weighted by atomic mass is 16.4. The van der Waals surface area contributed by atoms with E-state index in [0.29, 0.717) is 23.4 Å². The molecule has 8 aromatic carbocycles. The van der Waals surface area contributed by atoms with Crippen LogP contribution in [0.1, 0.15) is 0 Å². The molecule has 0 unspecified atom stereocenters. The summed E-state index contributed by atoms with van der Waals surface area (Å²) >= 11 is 0. The number of hydrogen-bond acceptors (Lipinski definition) is 6. The van der Waals surface area contributed by atoms with Crippen LogP contribution in [0, 0.1) is 0 Å². The Kier molecular flexibility index (Phi) is 7.38. The summed E-state index contributed by atoms with van der Waals surface area (Å²) in [4.78, 5) is 19.8. The summed E-state index contributed by atoms with van der Waals surface area (Å²) in [5.41, 5.74) is 11.4. The molecule has 0 aliphatic heterocycles. The normalized spacial score (nSPS) is 11.6. The van der Waals surface area contributed by atoms with E-state index < -0.39 is 0 Å². The molecule has 11 rings (SSSR count). The van der Waals surface area contributed by atoms with E-state index in [0.717, 1.165) is 88.3 Å². The van der Waals surface area contributed by atoms with Crippen molar-refractivity contribution in [3.05, 3.63) is 182 Å². The number of fused-ring (bicyclic) bond motifs is 6. The lowest BCUT2D eigenvalue weighted by Crippen LogP contribution is -2.00. The number of hydrogen-bond donors (Lipinski definition) is 0. The summed E-state index contributed by atoms with van der Waals surface area (Å²) in [7, 11) is 0. The van der Waals surface area contributed by atoms with Crippen molar-refractivity contribution in [2.75, 3.05) is 0 Å². The maximum absolute atomic E-state index is 6.39. The molecule has 56 heavy (non-hydrogen) atoms. The topological polar surface area (TPSA) is 77.8 Å². The van der Waals surface area contributed by atoms with Gasteiger partial charge in [-0.3, -0.25) is 0 Å². The Balaban J connectivity index is 0.920.